The Balaban J connectivity index is 1.98. The van der Waals surface area contributed by atoms with E-state index in [0.717, 1.165) is 12.8 Å². The summed E-state index contributed by atoms with van der Waals surface area (Å²) in [5, 5.41) is 8.53. The van der Waals surface area contributed by atoms with E-state index in [1.165, 1.54) is 0 Å². The second kappa shape index (κ2) is 5.84. The van der Waals surface area contributed by atoms with Gasteiger partial charge in [-0.15, -0.1) is 0 Å². The number of hydrogen-bond acceptors (Lipinski definition) is 3. The van der Waals surface area contributed by atoms with Crippen molar-refractivity contribution in [3.05, 3.63) is 24.3 Å². The standard InChI is InChI=1S/C14H19N3O2/c1-9(15-2)13(18)16-11-4-3-5-12(8-11)17-14(19)10-6-7-10/h3-5,8-10,15H,6-7H2,1-2H3,(H,16,18)(H,17,19). The van der Waals surface area contributed by atoms with Crippen LogP contribution in [0.25, 0.3) is 0 Å². The van der Waals surface area contributed by atoms with Gasteiger partial charge in [0.25, 0.3) is 0 Å². The average Bonchev–Trinajstić information content (AvgIpc) is 3.22. The van der Waals surface area contributed by atoms with Crippen molar-refractivity contribution < 1.29 is 9.59 Å². The summed E-state index contributed by atoms with van der Waals surface area (Å²) in [6.45, 7) is 1.79. The highest BCUT2D eigenvalue weighted by Gasteiger charge is 2.29. The first-order chi connectivity index (χ1) is 9.10. The van der Waals surface area contributed by atoms with Crippen molar-refractivity contribution in [3.63, 3.8) is 0 Å². The number of amides is 2. The van der Waals surface area contributed by atoms with E-state index < -0.39 is 0 Å². The third kappa shape index (κ3) is 3.79. The molecule has 1 atom stereocenters. The van der Waals surface area contributed by atoms with Gasteiger partial charge in [0.2, 0.25) is 11.8 Å². The van der Waals surface area contributed by atoms with Gasteiger partial charge in [-0.2, -0.15) is 0 Å². The molecule has 0 aromatic heterocycles. The summed E-state index contributed by atoms with van der Waals surface area (Å²) in [5.41, 5.74) is 1.40. The van der Waals surface area contributed by atoms with Gasteiger partial charge in [-0.25, -0.2) is 0 Å². The van der Waals surface area contributed by atoms with Crippen molar-refractivity contribution in [2.24, 2.45) is 5.92 Å². The summed E-state index contributed by atoms with van der Waals surface area (Å²) >= 11 is 0. The molecule has 1 aliphatic rings. The fourth-order valence-electron chi connectivity index (χ4n) is 1.65. The Hall–Kier alpha value is -1.88. The summed E-state index contributed by atoms with van der Waals surface area (Å²) in [6, 6.07) is 6.93. The Morgan fingerprint density at radius 2 is 1.84 bits per heavy atom. The zero-order valence-electron chi connectivity index (χ0n) is 11.2. The van der Waals surface area contributed by atoms with Crippen LogP contribution in [0.2, 0.25) is 0 Å². The van der Waals surface area contributed by atoms with E-state index in [-0.39, 0.29) is 23.8 Å². The highest BCUT2D eigenvalue weighted by atomic mass is 16.2. The lowest BCUT2D eigenvalue weighted by molar-refractivity contribution is -0.118. The molecule has 1 fully saturated rings. The predicted molar refractivity (Wildman–Crippen MR) is 74.9 cm³/mol. The maximum absolute atomic E-state index is 11.7. The second-order valence-corrected chi connectivity index (χ2v) is 4.84. The van der Waals surface area contributed by atoms with Crippen molar-refractivity contribution >= 4 is 23.2 Å². The minimum absolute atomic E-state index is 0.0621. The van der Waals surface area contributed by atoms with Gasteiger partial charge in [0.15, 0.2) is 0 Å². The molecule has 19 heavy (non-hydrogen) atoms. The summed E-state index contributed by atoms with van der Waals surface area (Å²) in [4.78, 5) is 23.4. The smallest absolute Gasteiger partial charge is 0.241 e. The number of hydrogen-bond donors (Lipinski definition) is 3. The molecular weight excluding hydrogens is 242 g/mol. The minimum Gasteiger partial charge on any atom is -0.326 e. The largest absolute Gasteiger partial charge is 0.326 e. The van der Waals surface area contributed by atoms with E-state index in [9.17, 15) is 9.59 Å². The molecule has 2 rings (SSSR count). The molecule has 0 aliphatic heterocycles. The Morgan fingerprint density at radius 1 is 1.21 bits per heavy atom. The molecule has 0 spiro atoms. The van der Waals surface area contributed by atoms with E-state index in [0.29, 0.717) is 11.4 Å². The minimum atomic E-state index is -0.260. The molecule has 5 nitrogen and oxygen atoms in total. The van der Waals surface area contributed by atoms with Crippen LogP contribution in [0.4, 0.5) is 11.4 Å². The Labute approximate surface area is 112 Å². The lowest BCUT2D eigenvalue weighted by Crippen LogP contribution is -2.35. The van der Waals surface area contributed by atoms with Gasteiger partial charge in [-0.3, -0.25) is 9.59 Å². The molecule has 1 aliphatic carbocycles. The zero-order valence-corrected chi connectivity index (χ0v) is 11.2. The summed E-state index contributed by atoms with van der Waals surface area (Å²) in [6.07, 6.45) is 1.95. The first-order valence-electron chi connectivity index (χ1n) is 6.49. The SMILES string of the molecule is CNC(C)C(=O)Nc1cccc(NC(=O)C2CC2)c1. The van der Waals surface area contributed by atoms with Crippen molar-refractivity contribution in [1.29, 1.82) is 0 Å². The number of carbonyl (C=O) groups is 2. The van der Waals surface area contributed by atoms with Crippen LogP contribution in [-0.4, -0.2) is 24.9 Å². The van der Waals surface area contributed by atoms with Crippen LogP contribution in [-0.2, 0) is 9.59 Å². The monoisotopic (exact) mass is 261 g/mol. The average molecular weight is 261 g/mol. The highest BCUT2D eigenvalue weighted by Crippen LogP contribution is 2.30. The Kier molecular flexibility index (Phi) is 4.16. The number of nitrogens with one attached hydrogen (secondary N) is 3. The molecule has 1 saturated carbocycles. The van der Waals surface area contributed by atoms with E-state index >= 15 is 0 Å². The molecule has 0 radical (unpaired) electrons. The first kappa shape index (κ1) is 13.5. The van der Waals surface area contributed by atoms with Crippen molar-refractivity contribution in [2.75, 3.05) is 17.7 Å². The van der Waals surface area contributed by atoms with E-state index in [4.69, 9.17) is 0 Å². The van der Waals surface area contributed by atoms with Crippen LogP contribution in [0, 0.1) is 5.92 Å². The van der Waals surface area contributed by atoms with Gasteiger partial charge in [0.1, 0.15) is 0 Å². The fraction of sp³-hybridized carbons (Fsp3) is 0.429. The number of carbonyl (C=O) groups excluding carboxylic acids is 2. The molecule has 102 valence electrons. The lowest BCUT2D eigenvalue weighted by atomic mass is 10.2. The van der Waals surface area contributed by atoms with E-state index in [1.807, 2.05) is 12.1 Å². The first-order valence-corrected chi connectivity index (χ1v) is 6.49. The van der Waals surface area contributed by atoms with Gasteiger partial charge in [0.05, 0.1) is 6.04 Å². The summed E-state index contributed by atoms with van der Waals surface area (Å²) in [7, 11) is 1.73. The van der Waals surface area contributed by atoms with Crippen LogP contribution in [0.1, 0.15) is 19.8 Å². The van der Waals surface area contributed by atoms with E-state index in [2.05, 4.69) is 16.0 Å². The van der Waals surface area contributed by atoms with Gasteiger partial charge in [-0.1, -0.05) is 6.07 Å². The predicted octanol–water partition coefficient (Wildman–Crippen LogP) is 1.58. The molecule has 0 bridgehead atoms. The number of rotatable bonds is 5. The normalized spacial score (nSPS) is 15.7. The lowest BCUT2D eigenvalue weighted by Gasteiger charge is -2.12. The van der Waals surface area contributed by atoms with Crippen LogP contribution < -0.4 is 16.0 Å². The van der Waals surface area contributed by atoms with Gasteiger partial charge >= 0.3 is 0 Å². The topological polar surface area (TPSA) is 70.2 Å². The molecule has 5 heteroatoms. The number of anilines is 2. The van der Waals surface area contributed by atoms with Gasteiger partial charge < -0.3 is 16.0 Å². The summed E-state index contributed by atoms with van der Waals surface area (Å²) in [5.74, 6) is 0.128. The van der Waals surface area contributed by atoms with Crippen LogP contribution in [0.5, 0.6) is 0 Å². The van der Waals surface area contributed by atoms with Crippen molar-refractivity contribution in [1.82, 2.24) is 5.32 Å². The molecule has 3 N–H and O–H groups in total. The van der Waals surface area contributed by atoms with E-state index in [1.54, 1.807) is 26.1 Å². The van der Waals surface area contributed by atoms with Gasteiger partial charge in [0, 0.05) is 17.3 Å². The van der Waals surface area contributed by atoms with Crippen molar-refractivity contribution in [3.8, 4) is 0 Å². The third-order valence-electron chi connectivity index (χ3n) is 3.17. The van der Waals surface area contributed by atoms with Crippen LogP contribution in [0.3, 0.4) is 0 Å². The maximum Gasteiger partial charge on any atom is 0.241 e. The molecule has 1 unspecified atom stereocenters. The number of benzene rings is 1. The molecule has 0 saturated heterocycles. The van der Waals surface area contributed by atoms with Crippen LogP contribution in [0.15, 0.2) is 24.3 Å². The molecule has 2 amide bonds. The quantitative estimate of drug-likeness (QED) is 0.753. The number of likely N-dealkylation sites (N-methyl/N-ethyl adjacent to an activating group) is 1. The molecule has 0 heterocycles. The zero-order chi connectivity index (χ0) is 13.8. The fourth-order valence-corrected chi connectivity index (χ4v) is 1.65. The van der Waals surface area contributed by atoms with Gasteiger partial charge in [-0.05, 0) is 45.0 Å². The second-order valence-electron chi connectivity index (χ2n) is 4.84. The maximum atomic E-state index is 11.7. The Morgan fingerprint density at radius 3 is 2.42 bits per heavy atom. The molecule has 1 aromatic rings. The Bertz CT molecular complexity index is 483. The summed E-state index contributed by atoms with van der Waals surface area (Å²) < 4.78 is 0. The van der Waals surface area contributed by atoms with Crippen LogP contribution >= 0.6 is 0 Å². The highest BCUT2D eigenvalue weighted by molar-refractivity contribution is 5.97. The third-order valence-corrected chi connectivity index (χ3v) is 3.17. The molecule has 1 aromatic carbocycles. The molecular formula is C14H19N3O2. The van der Waals surface area contributed by atoms with Crippen molar-refractivity contribution in [2.45, 2.75) is 25.8 Å².